The van der Waals surface area contributed by atoms with Gasteiger partial charge in [-0.1, -0.05) is 12.1 Å². The number of piperidine rings is 1. The molecule has 0 saturated carbocycles. The van der Waals surface area contributed by atoms with Crippen molar-refractivity contribution in [2.75, 3.05) is 26.2 Å². The van der Waals surface area contributed by atoms with Crippen LogP contribution in [-0.4, -0.2) is 45.0 Å². The summed E-state index contributed by atoms with van der Waals surface area (Å²) in [5.41, 5.74) is -4.27. The molecular weight excluding hydrogens is 329 g/mol. The Labute approximate surface area is 133 Å². The van der Waals surface area contributed by atoms with Crippen molar-refractivity contribution in [3.05, 3.63) is 29.8 Å². The first kappa shape index (κ1) is 16.7. The SMILES string of the molecule is O=S(=O)(c1cccc(CN2CCC3(CC2)CNC3)c1)C(F)(F)F. The number of rotatable bonds is 3. The molecule has 1 N–H and O–H groups in total. The number of nitrogens with one attached hydrogen (secondary N) is 1. The van der Waals surface area contributed by atoms with E-state index in [4.69, 9.17) is 0 Å². The quantitative estimate of drug-likeness (QED) is 0.910. The third-order valence-electron chi connectivity index (χ3n) is 4.84. The van der Waals surface area contributed by atoms with Gasteiger partial charge in [0.05, 0.1) is 4.90 Å². The van der Waals surface area contributed by atoms with Crippen LogP contribution >= 0.6 is 0 Å². The molecule has 0 atom stereocenters. The largest absolute Gasteiger partial charge is 0.501 e. The zero-order valence-electron chi connectivity index (χ0n) is 12.6. The summed E-state index contributed by atoms with van der Waals surface area (Å²) in [5, 5.41) is 3.28. The van der Waals surface area contributed by atoms with Gasteiger partial charge in [-0.2, -0.15) is 13.2 Å². The predicted octanol–water partition coefficient (Wildman–Crippen LogP) is 2.17. The lowest BCUT2D eigenvalue weighted by Crippen LogP contribution is -2.58. The summed E-state index contributed by atoms with van der Waals surface area (Å²) < 4.78 is 60.9. The van der Waals surface area contributed by atoms with Gasteiger partial charge in [0.1, 0.15) is 0 Å². The van der Waals surface area contributed by atoms with Crippen molar-refractivity contribution >= 4 is 9.84 Å². The van der Waals surface area contributed by atoms with E-state index in [1.54, 1.807) is 6.07 Å². The second-order valence-electron chi connectivity index (χ2n) is 6.48. The minimum absolute atomic E-state index is 0.401. The molecule has 0 radical (unpaired) electrons. The Morgan fingerprint density at radius 3 is 2.35 bits per heavy atom. The molecule has 2 heterocycles. The molecule has 2 aliphatic heterocycles. The molecule has 2 fully saturated rings. The third kappa shape index (κ3) is 3.25. The van der Waals surface area contributed by atoms with E-state index >= 15 is 0 Å². The maximum atomic E-state index is 12.6. The van der Waals surface area contributed by atoms with E-state index in [1.165, 1.54) is 6.07 Å². The Balaban J connectivity index is 1.69. The Kier molecular flexibility index (Phi) is 4.18. The van der Waals surface area contributed by atoms with E-state index in [1.807, 2.05) is 0 Å². The smallest absolute Gasteiger partial charge is 0.316 e. The van der Waals surface area contributed by atoms with Gasteiger partial charge < -0.3 is 5.32 Å². The lowest BCUT2D eigenvalue weighted by Gasteiger charge is -2.48. The van der Waals surface area contributed by atoms with Gasteiger partial charge in [-0.3, -0.25) is 4.90 Å². The molecule has 8 heteroatoms. The molecule has 4 nitrogen and oxygen atoms in total. The molecule has 23 heavy (non-hydrogen) atoms. The van der Waals surface area contributed by atoms with Gasteiger partial charge >= 0.3 is 5.51 Å². The maximum absolute atomic E-state index is 12.6. The van der Waals surface area contributed by atoms with Crippen molar-refractivity contribution in [1.82, 2.24) is 10.2 Å². The van der Waals surface area contributed by atoms with E-state index in [0.717, 1.165) is 51.2 Å². The number of hydrogen-bond donors (Lipinski definition) is 1. The summed E-state index contributed by atoms with van der Waals surface area (Å²) in [7, 11) is -5.28. The number of likely N-dealkylation sites (tertiary alicyclic amines) is 1. The summed E-state index contributed by atoms with van der Waals surface area (Å²) in [6, 6.07) is 5.18. The topological polar surface area (TPSA) is 49.4 Å². The van der Waals surface area contributed by atoms with E-state index in [0.29, 0.717) is 17.5 Å². The predicted molar refractivity (Wildman–Crippen MR) is 79.5 cm³/mol. The lowest BCUT2D eigenvalue weighted by atomic mass is 9.73. The van der Waals surface area contributed by atoms with E-state index in [2.05, 4.69) is 10.2 Å². The number of halogens is 3. The first-order valence-corrected chi connectivity index (χ1v) is 9.04. The minimum atomic E-state index is -5.28. The van der Waals surface area contributed by atoms with Gasteiger partial charge in [0, 0.05) is 19.6 Å². The Bertz CT molecular complexity index is 674. The molecule has 0 amide bonds. The van der Waals surface area contributed by atoms with E-state index in [9.17, 15) is 21.6 Å². The highest BCUT2D eigenvalue weighted by Gasteiger charge is 2.47. The summed E-state index contributed by atoms with van der Waals surface area (Å²) in [6.45, 7) is 4.33. The van der Waals surface area contributed by atoms with Crippen LogP contribution in [0, 0.1) is 5.41 Å². The number of benzene rings is 1. The highest BCUT2D eigenvalue weighted by atomic mass is 32.2. The lowest BCUT2D eigenvalue weighted by molar-refractivity contribution is -0.0436. The van der Waals surface area contributed by atoms with E-state index in [-0.39, 0.29) is 0 Å². The number of alkyl halides is 3. The summed E-state index contributed by atoms with van der Waals surface area (Å²) in [4.78, 5) is 1.49. The van der Waals surface area contributed by atoms with Crippen molar-refractivity contribution in [1.29, 1.82) is 0 Å². The number of sulfone groups is 1. The van der Waals surface area contributed by atoms with Crippen LogP contribution in [0.25, 0.3) is 0 Å². The fourth-order valence-corrected chi connectivity index (χ4v) is 4.05. The summed E-state index contributed by atoms with van der Waals surface area (Å²) in [6.07, 6.45) is 2.14. The van der Waals surface area contributed by atoms with Crippen molar-refractivity contribution in [3.63, 3.8) is 0 Å². The van der Waals surface area contributed by atoms with Crippen LogP contribution in [-0.2, 0) is 16.4 Å². The zero-order valence-corrected chi connectivity index (χ0v) is 13.4. The average molecular weight is 348 g/mol. The van der Waals surface area contributed by atoms with Gasteiger partial charge in [-0.25, -0.2) is 8.42 Å². The second kappa shape index (κ2) is 5.75. The molecular formula is C15H19F3N2O2S. The van der Waals surface area contributed by atoms with Crippen LogP contribution in [0.2, 0.25) is 0 Å². The fraction of sp³-hybridized carbons (Fsp3) is 0.600. The van der Waals surface area contributed by atoms with Crippen molar-refractivity contribution in [2.24, 2.45) is 5.41 Å². The maximum Gasteiger partial charge on any atom is 0.501 e. The molecule has 0 aromatic heterocycles. The second-order valence-corrected chi connectivity index (χ2v) is 8.42. The Hall–Kier alpha value is -1.12. The van der Waals surface area contributed by atoms with E-state index < -0.39 is 20.2 Å². The van der Waals surface area contributed by atoms with Crippen LogP contribution in [0.4, 0.5) is 13.2 Å². The zero-order chi connectivity index (χ0) is 16.7. The first-order valence-electron chi connectivity index (χ1n) is 7.55. The van der Waals surface area contributed by atoms with Crippen molar-refractivity contribution < 1.29 is 21.6 Å². The van der Waals surface area contributed by atoms with Crippen LogP contribution in [0.3, 0.4) is 0 Å². The molecule has 0 bridgehead atoms. The molecule has 3 rings (SSSR count). The highest BCUT2D eigenvalue weighted by Crippen LogP contribution is 2.35. The molecule has 1 aromatic carbocycles. The van der Waals surface area contributed by atoms with Gasteiger partial charge in [0.15, 0.2) is 0 Å². The number of hydrogen-bond acceptors (Lipinski definition) is 4. The molecule has 0 aliphatic carbocycles. The van der Waals surface area contributed by atoms with Crippen molar-refractivity contribution in [3.8, 4) is 0 Å². The summed E-state index contributed by atoms with van der Waals surface area (Å²) >= 11 is 0. The third-order valence-corrected chi connectivity index (χ3v) is 6.32. The Morgan fingerprint density at radius 2 is 1.83 bits per heavy atom. The average Bonchev–Trinajstić information content (AvgIpc) is 2.45. The van der Waals surface area contributed by atoms with Crippen LogP contribution in [0.15, 0.2) is 29.2 Å². The Morgan fingerprint density at radius 1 is 1.17 bits per heavy atom. The molecule has 128 valence electrons. The molecule has 1 aromatic rings. The normalized spacial score (nSPS) is 22.0. The fourth-order valence-electron chi connectivity index (χ4n) is 3.22. The van der Waals surface area contributed by atoms with Crippen LogP contribution < -0.4 is 5.32 Å². The molecule has 1 spiro atoms. The first-order chi connectivity index (χ1) is 10.7. The monoisotopic (exact) mass is 348 g/mol. The van der Waals surface area contributed by atoms with Gasteiger partial charge in [0.2, 0.25) is 0 Å². The van der Waals surface area contributed by atoms with Crippen LogP contribution in [0.5, 0.6) is 0 Å². The highest BCUT2D eigenvalue weighted by molar-refractivity contribution is 7.92. The minimum Gasteiger partial charge on any atom is -0.316 e. The molecule has 0 unspecified atom stereocenters. The number of nitrogens with zero attached hydrogens (tertiary/aromatic N) is 1. The van der Waals surface area contributed by atoms with Gasteiger partial charge in [-0.05, 0) is 49.0 Å². The molecule has 2 saturated heterocycles. The molecule has 2 aliphatic rings. The van der Waals surface area contributed by atoms with Crippen molar-refractivity contribution in [2.45, 2.75) is 29.8 Å². The van der Waals surface area contributed by atoms with Gasteiger partial charge in [0.25, 0.3) is 9.84 Å². The van der Waals surface area contributed by atoms with Crippen LogP contribution in [0.1, 0.15) is 18.4 Å². The summed E-state index contributed by atoms with van der Waals surface area (Å²) in [5.74, 6) is 0. The standard InChI is InChI=1S/C15H19F3N2O2S/c16-15(17,18)23(21,22)13-3-1-2-12(8-13)9-20-6-4-14(5-7-20)10-19-11-14/h1-3,8,19H,4-7,9-11H2. The van der Waals surface area contributed by atoms with Gasteiger partial charge in [-0.15, -0.1) is 0 Å².